The number of aromatic nitrogens is 6. The standard InChI is InChI=1S/C15H22N8/c1-20-9-10-23-14(11-20)16-12(18-23)5-6-13-17-15(19-21(13)2)22-7-3-4-8-22/h9-10H,3-8,11H2,1-2H3. The first-order valence-electron chi connectivity index (χ1n) is 8.17. The highest BCUT2D eigenvalue weighted by molar-refractivity contribution is 5.30. The summed E-state index contributed by atoms with van der Waals surface area (Å²) in [5.41, 5.74) is 0. The van der Waals surface area contributed by atoms with Crippen LogP contribution in [0.1, 0.15) is 30.3 Å². The topological polar surface area (TPSA) is 67.9 Å². The Kier molecular flexibility index (Phi) is 3.51. The number of hydrogen-bond donors (Lipinski definition) is 0. The van der Waals surface area contributed by atoms with Gasteiger partial charge >= 0.3 is 0 Å². The molecule has 0 radical (unpaired) electrons. The van der Waals surface area contributed by atoms with Crippen LogP contribution in [0, 0.1) is 0 Å². The number of nitrogens with zero attached hydrogens (tertiary/aromatic N) is 8. The molecule has 23 heavy (non-hydrogen) atoms. The minimum atomic E-state index is 0.781. The largest absolute Gasteiger partial charge is 0.372 e. The highest BCUT2D eigenvalue weighted by atomic mass is 15.4. The summed E-state index contributed by atoms with van der Waals surface area (Å²) in [7, 11) is 4.00. The Hall–Kier alpha value is -2.38. The van der Waals surface area contributed by atoms with E-state index in [1.807, 2.05) is 35.9 Å². The maximum Gasteiger partial charge on any atom is 0.244 e. The third-order valence-electron chi connectivity index (χ3n) is 4.40. The van der Waals surface area contributed by atoms with E-state index in [0.29, 0.717) is 0 Å². The van der Waals surface area contributed by atoms with Gasteiger partial charge in [0.2, 0.25) is 5.95 Å². The molecule has 8 heteroatoms. The lowest BCUT2D eigenvalue weighted by Gasteiger charge is -2.16. The molecule has 1 fully saturated rings. The van der Waals surface area contributed by atoms with Crippen molar-refractivity contribution < 1.29 is 0 Å². The zero-order valence-corrected chi connectivity index (χ0v) is 13.7. The van der Waals surface area contributed by atoms with Crippen molar-refractivity contribution in [1.82, 2.24) is 34.4 Å². The van der Waals surface area contributed by atoms with Crippen LogP contribution >= 0.6 is 0 Å². The molecular formula is C15H22N8. The Morgan fingerprint density at radius 1 is 1.00 bits per heavy atom. The van der Waals surface area contributed by atoms with Crippen molar-refractivity contribution in [3.05, 3.63) is 23.7 Å². The Bertz CT molecular complexity index is 722. The van der Waals surface area contributed by atoms with Gasteiger partial charge in [0.05, 0.1) is 6.54 Å². The molecule has 0 aliphatic carbocycles. The van der Waals surface area contributed by atoms with Crippen LogP contribution in [0.5, 0.6) is 0 Å². The molecule has 2 aliphatic rings. The van der Waals surface area contributed by atoms with Crippen molar-refractivity contribution in [2.75, 3.05) is 25.0 Å². The second-order valence-corrected chi connectivity index (χ2v) is 6.25. The summed E-state index contributed by atoms with van der Waals surface area (Å²) >= 11 is 0. The lowest BCUT2D eigenvalue weighted by Crippen LogP contribution is -2.19. The van der Waals surface area contributed by atoms with E-state index in [0.717, 1.165) is 55.9 Å². The van der Waals surface area contributed by atoms with Crippen LogP contribution in [0.15, 0.2) is 6.20 Å². The quantitative estimate of drug-likeness (QED) is 0.826. The molecule has 2 aromatic rings. The molecule has 4 rings (SSSR count). The predicted molar refractivity (Wildman–Crippen MR) is 86.7 cm³/mol. The summed E-state index contributed by atoms with van der Waals surface area (Å²) in [6.07, 6.45) is 8.02. The smallest absolute Gasteiger partial charge is 0.244 e. The first-order valence-corrected chi connectivity index (χ1v) is 8.17. The van der Waals surface area contributed by atoms with Gasteiger partial charge in [0, 0.05) is 52.4 Å². The summed E-state index contributed by atoms with van der Waals surface area (Å²) in [5.74, 6) is 3.71. The lowest BCUT2D eigenvalue weighted by molar-refractivity contribution is 0.419. The molecule has 4 heterocycles. The van der Waals surface area contributed by atoms with Gasteiger partial charge in [0.15, 0.2) is 11.6 Å². The summed E-state index contributed by atoms with van der Waals surface area (Å²) in [6.45, 7) is 2.93. The molecule has 0 spiro atoms. The summed E-state index contributed by atoms with van der Waals surface area (Å²) in [4.78, 5) is 13.7. The zero-order chi connectivity index (χ0) is 15.8. The molecular weight excluding hydrogens is 292 g/mol. The van der Waals surface area contributed by atoms with Crippen LogP contribution < -0.4 is 4.90 Å². The minimum absolute atomic E-state index is 0.781. The van der Waals surface area contributed by atoms with E-state index in [1.54, 1.807) is 0 Å². The van der Waals surface area contributed by atoms with Gasteiger partial charge in [-0.2, -0.15) is 10.1 Å². The van der Waals surface area contributed by atoms with Crippen molar-refractivity contribution >= 4 is 12.1 Å². The molecule has 8 nitrogen and oxygen atoms in total. The minimum Gasteiger partial charge on any atom is -0.372 e. The van der Waals surface area contributed by atoms with Gasteiger partial charge < -0.3 is 9.80 Å². The van der Waals surface area contributed by atoms with E-state index in [4.69, 9.17) is 4.98 Å². The molecule has 0 saturated carbocycles. The van der Waals surface area contributed by atoms with Gasteiger partial charge in [-0.15, -0.1) is 5.10 Å². The summed E-state index contributed by atoms with van der Waals surface area (Å²) in [5, 5.41) is 9.09. The Labute approximate surface area is 135 Å². The van der Waals surface area contributed by atoms with Crippen LogP contribution in [0.4, 0.5) is 5.95 Å². The van der Waals surface area contributed by atoms with Crippen molar-refractivity contribution in [3.63, 3.8) is 0 Å². The zero-order valence-electron chi connectivity index (χ0n) is 13.7. The SMILES string of the molecule is CN1C=Cn2nc(CCc3nc(N4CCCC4)nn3C)nc2C1. The second-order valence-electron chi connectivity index (χ2n) is 6.25. The van der Waals surface area contributed by atoms with Crippen LogP contribution in [-0.2, 0) is 26.4 Å². The average molecular weight is 314 g/mol. The number of rotatable bonds is 4. The Morgan fingerprint density at radius 3 is 2.65 bits per heavy atom. The number of fused-ring (bicyclic) bond motifs is 1. The first-order chi connectivity index (χ1) is 11.2. The normalized spacial score (nSPS) is 17.1. The molecule has 0 atom stereocenters. The average Bonchev–Trinajstić information content (AvgIpc) is 3.23. The highest BCUT2D eigenvalue weighted by Crippen LogP contribution is 2.17. The predicted octanol–water partition coefficient (Wildman–Crippen LogP) is 0.666. The Morgan fingerprint density at radius 2 is 1.83 bits per heavy atom. The van der Waals surface area contributed by atoms with Crippen LogP contribution in [0.2, 0.25) is 0 Å². The van der Waals surface area contributed by atoms with E-state index < -0.39 is 0 Å². The van der Waals surface area contributed by atoms with Gasteiger partial charge in [0.1, 0.15) is 5.82 Å². The van der Waals surface area contributed by atoms with Gasteiger partial charge in [-0.25, -0.2) is 9.67 Å². The molecule has 2 aliphatic heterocycles. The van der Waals surface area contributed by atoms with Crippen LogP contribution in [0.25, 0.3) is 6.20 Å². The maximum atomic E-state index is 4.69. The molecule has 0 aromatic carbocycles. The van der Waals surface area contributed by atoms with Crippen LogP contribution in [0.3, 0.4) is 0 Å². The fraction of sp³-hybridized carbons (Fsp3) is 0.600. The molecule has 0 bridgehead atoms. The van der Waals surface area contributed by atoms with E-state index in [1.165, 1.54) is 12.8 Å². The van der Waals surface area contributed by atoms with Crippen LogP contribution in [-0.4, -0.2) is 54.6 Å². The third kappa shape index (κ3) is 2.80. The van der Waals surface area contributed by atoms with Gasteiger partial charge in [-0.1, -0.05) is 0 Å². The molecule has 1 saturated heterocycles. The van der Waals surface area contributed by atoms with E-state index >= 15 is 0 Å². The van der Waals surface area contributed by atoms with E-state index in [9.17, 15) is 0 Å². The van der Waals surface area contributed by atoms with Crippen molar-refractivity contribution in [1.29, 1.82) is 0 Å². The lowest BCUT2D eigenvalue weighted by atomic mass is 10.3. The van der Waals surface area contributed by atoms with Crippen molar-refractivity contribution in [3.8, 4) is 0 Å². The molecule has 0 N–H and O–H groups in total. The fourth-order valence-electron chi connectivity index (χ4n) is 3.08. The Balaban J connectivity index is 1.44. The fourth-order valence-corrected chi connectivity index (χ4v) is 3.08. The van der Waals surface area contributed by atoms with E-state index in [2.05, 4.69) is 25.0 Å². The third-order valence-corrected chi connectivity index (χ3v) is 4.40. The van der Waals surface area contributed by atoms with Gasteiger partial charge in [-0.3, -0.25) is 4.68 Å². The number of hydrogen-bond acceptors (Lipinski definition) is 6. The molecule has 122 valence electrons. The summed E-state index contributed by atoms with van der Waals surface area (Å²) < 4.78 is 3.75. The first kappa shape index (κ1) is 14.2. The number of aryl methyl sites for hydroxylation is 3. The van der Waals surface area contributed by atoms with Crippen molar-refractivity contribution in [2.45, 2.75) is 32.2 Å². The summed E-state index contributed by atoms with van der Waals surface area (Å²) in [6, 6.07) is 0. The van der Waals surface area contributed by atoms with E-state index in [-0.39, 0.29) is 0 Å². The molecule has 0 amide bonds. The highest BCUT2D eigenvalue weighted by Gasteiger charge is 2.19. The molecule has 0 unspecified atom stereocenters. The van der Waals surface area contributed by atoms with Gasteiger partial charge in [0.25, 0.3) is 0 Å². The number of anilines is 1. The van der Waals surface area contributed by atoms with Crippen molar-refractivity contribution in [2.24, 2.45) is 7.05 Å². The second kappa shape index (κ2) is 5.68. The maximum absolute atomic E-state index is 4.69. The van der Waals surface area contributed by atoms with Gasteiger partial charge in [-0.05, 0) is 12.8 Å². The monoisotopic (exact) mass is 314 g/mol. The molecule has 2 aromatic heterocycles.